The number of carbonyl (C=O) groups excluding carboxylic acids is 2. The number of methoxy groups -OCH3 is 1. The summed E-state index contributed by atoms with van der Waals surface area (Å²) >= 11 is 0. The molecule has 0 aliphatic rings. The predicted octanol–water partition coefficient (Wildman–Crippen LogP) is 2.83. The van der Waals surface area contributed by atoms with Gasteiger partial charge in [-0.1, -0.05) is 36.4 Å². The summed E-state index contributed by atoms with van der Waals surface area (Å²) < 4.78 is 13.2. The Kier molecular flexibility index (Phi) is 5.46. The first kappa shape index (κ1) is 20.2. The van der Waals surface area contributed by atoms with Crippen molar-refractivity contribution in [3.8, 4) is 11.5 Å². The molecule has 3 aromatic carbocycles. The number of nitrogens with zero attached hydrogens (tertiary/aromatic N) is 1. The van der Waals surface area contributed by atoms with Gasteiger partial charge in [0.15, 0.2) is 6.61 Å². The molecule has 0 saturated heterocycles. The minimum atomic E-state index is -0.709. The summed E-state index contributed by atoms with van der Waals surface area (Å²) in [6.07, 6.45) is 0. The van der Waals surface area contributed by atoms with E-state index in [9.17, 15) is 9.59 Å². The van der Waals surface area contributed by atoms with Crippen molar-refractivity contribution >= 4 is 33.6 Å². The van der Waals surface area contributed by atoms with E-state index in [1.165, 1.54) is 7.11 Å². The number of hydroxylamine groups is 1. The largest absolute Gasteiger partial charge is 0.497 e. The number of nitrogens with one attached hydrogen (secondary N) is 1. The quantitative estimate of drug-likeness (QED) is 0.315. The predicted molar refractivity (Wildman–Crippen MR) is 115 cm³/mol. The van der Waals surface area contributed by atoms with Crippen molar-refractivity contribution in [2.45, 2.75) is 6.54 Å². The van der Waals surface area contributed by atoms with Crippen molar-refractivity contribution in [2.75, 3.05) is 13.7 Å². The highest BCUT2D eigenvalue weighted by atomic mass is 16.5. The van der Waals surface area contributed by atoms with Gasteiger partial charge in [-0.3, -0.25) is 14.8 Å². The zero-order valence-electron chi connectivity index (χ0n) is 16.8. The van der Waals surface area contributed by atoms with E-state index in [-0.39, 0.29) is 0 Å². The van der Waals surface area contributed by atoms with Crippen LogP contribution in [0.2, 0.25) is 0 Å². The average molecular weight is 419 g/mol. The highest BCUT2D eigenvalue weighted by Gasteiger charge is 2.21. The molecular formula is C23H21N3O5. The van der Waals surface area contributed by atoms with Gasteiger partial charge in [-0.05, 0) is 17.7 Å². The SMILES string of the molecule is COc1cc(OCC(=O)NO)c2c3c(C(N)=O)cccc3n(Cc3ccccc3)c2c1. The van der Waals surface area contributed by atoms with E-state index in [1.54, 1.807) is 23.7 Å². The Balaban J connectivity index is 2.04. The Hall–Kier alpha value is -4.04. The Bertz CT molecular complexity index is 1280. The van der Waals surface area contributed by atoms with Crippen LogP contribution in [0.25, 0.3) is 21.8 Å². The van der Waals surface area contributed by atoms with Crippen LogP contribution < -0.4 is 20.7 Å². The van der Waals surface area contributed by atoms with E-state index in [0.29, 0.717) is 34.4 Å². The summed E-state index contributed by atoms with van der Waals surface area (Å²) in [6.45, 7) is 0.121. The molecule has 1 heterocycles. The smallest absolute Gasteiger partial charge is 0.281 e. The van der Waals surface area contributed by atoms with Crippen LogP contribution in [0, 0.1) is 0 Å². The monoisotopic (exact) mass is 419 g/mol. The van der Waals surface area contributed by atoms with E-state index in [0.717, 1.165) is 16.6 Å². The fourth-order valence-electron chi connectivity index (χ4n) is 3.75. The molecule has 8 heteroatoms. The maximum absolute atomic E-state index is 12.2. The topological polar surface area (TPSA) is 116 Å². The van der Waals surface area contributed by atoms with Crippen LogP contribution in [-0.4, -0.2) is 35.3 Å². The lowest BCUT2D eigenvalue weighted by Gasteiger charge is -2.11. The van der Waals surface area contributed by atoms with Gasteiger partial charge < -0.3 is 19.8 Å². The normalized spacial score (nSPS) is 10.9. The number of fused-ring (bicyclic) bond motifs is 3. The van der Waals surface area contributed by atoms with Crippen molar-refractivity contribution < 1.29 is 24.3 Å². The van der Waals surface area contributed by atoms with Crippen LogP contribution in [0.15, 0.2) is 60.7 Å². The van der Waals surface area contributed by atoms with E-state index >= 15 is 0 Å². The number of hydrogen-bond donors (Lipinski definition) is 3. The van der Waals surface area contributed by atoms with Crippen molar-refractivity contribution in [1.82, 2.24) is 10.0 Å². The third-order valence-electron chi connectivity index (χ3n) is 5.10. The van der Waals surface area contributed by atoms with Crippen LogP contribution in [0.3, 0.4) is 0 Å². The number of hydrogen-bond acceptors (Lipinski definition) is 5. The lowest BCUT2D eigenvalue weighted by molar-refractivity contribution is -0.131. The zero-order valence-corrected chi connectivity index (χ0v) is 16.8. The Morgan fingerprint density at radius 3 is 2.48 bits per heavy atom. The summed E-state index contributed by atoms with van der Waals surface area (Å²) in [5.74, 6) is -0.425. The minimum absolute atomic E-state index is 0.337. The number of aromatic nitrogens is 1. The molecule has 4 N–H and O–H groups in total. The Morgan fingerprint density at radius 1 is 1.03 bits per heavy atom. The van der Waals surface area contributed by atoms with Crippen LogP contribution in [0.4, 0.5) is 0 Å². The maximum Gasteiger partial charge on any atom is 0.281 e. The Morgan fingerprint density at radius 2 is 1.81 bits per heavy atom. The lowest BCUT2D eigenvalue weighted by atomic mass is 10.1. The molecule has 4 rings (SSSR count). The summed E-state index contributed by atoms with van der Waals surface area (Å²) in [7, 11) is 1.53. The van der Waals surface area contributed by atoms with Crippen molar-refractivity contribution in [3.05, 3.63) is 71.8 Å². The maximum atomic E-state index is 12.2. The van der Waals surface area contributed by atoms with Gasteiger partial charge in [0.25, 0.3) is 5.91 Å². The van der Waals surface area contributed by atoms with Gasteiger partial charge in [-0.15, -0.1) is 0 Å². The average Bonchev–Trinajstić information content (AvgIpc) is 3.11. The van der Waals surface area contributed by atoms with Crippen molar-refractivity contribution in [3.63, 3.8) is 0 Å². The second-order valence-electron chi connectivity index (χ2n) is 6.98. The molecule has 0 spiro atoms. The van der Waals surface area contributed by atoms with Crippen LogP contribution >= 0.6 is 0 Å². The highest BCUT2D eigenvalue weighted by molar-refractivity contribution is 6.20. The first-order valence-electron chi connectivity index (χ1n) is 9.56. The summed E-state index contributed by atoms with van der Waals surface area (Å²) in [4.78, 5) is 23.8. The third-order valence-corrected chi connectivity index (χ3v) is 5.10. The lowest BCUT2D eigenvalue weighted by Crippen LogP contribution is -2.25. The molecule has 0 unspecified atom stereocenters. The summed E-state index contributed by atoms with van der Waals surface area (Å²) in [5.41, 5.74) is 10.2. The molecule has 0 bridgehead atoms. The molecule has 2 amide bonds. The summed E-state index contributed by atoms with van der Waals surface area (Å²) in [5, 5.41) is 10.1. The van der Waals surface area contributed by atoms with Gasteiger partial charge in [-0.2, -0.15) is 0 Å². The standard InChI is InChI=1S/C23H21N3O5/c1-30-15-10-18-22(19(11-15)31-13-20(27)25-29)21-16(23(24)28)8-5-9-17(21)26(18)12-14-6-3-2-4-7-14/h2-11,29H,12-13H2,1H3,(H2,24,28)(H,25,27). The van der Waals surface area contributed by atoms with Gasteiger partial charge in [0.05, 0.1) is 23.5 Å². The molecule has 0 aliphatic carbocycles. The molecular weight excluding hydrogens is 398 g/mol. The van der Waals surface area contributed by atoms with Crippen LogP contribution in [0.1, 0.15) is 15.9 Å². The molecule has 0 atom stereocenters. The molecule has 1 aromatic heterocycles. The number of benzene rings is 3. The highest BCUT2D eigenvalue weighted by Crippen LogP contribution is 2.40. The van der Waals surface area contributed by atoms with Gasteiger partial charge >= 0.3 is 0 Å². The number of nitrogens with two attached hydrogens (primary N) is 1. The molecule has 0 radical (unpaired) electrons. The molecule has 8 nitrogen and oxygen atoms in total. The van der Waals surface area contributed by atoms with Gasteiger partial charge in [0, 0.05) is 29.6 Å². The van der Waals surface area contributed by atoms with Gasteiger partial charge in [-0.25, -0.2) is 5.48 Å². The van der Waals surface area contributed by atoms with Crippen LogP contribution in [0.5, 0.6) is 11.5 Å². The molecule has 0 fully saturated rings. The van der Waals surface area contributed by atoms with Gasteiger partial charge in [0.2, 0.25) is 5.91 Å². The zero-order chi connectivity index (χ0) is 22.0. The second-order valence-corrected chi connectivity index (χ2v) is 6.98. The van der Waals surface area contributed by atoms with Crippen LogP contribution in [-0.2, 0) is 11.3 Å². The van der Waals surface area contributed by atoms with E-state index in [1.807, 2.05) is 47.0 Å². The first-order chi connectivity index (χ1) is 15.0. The van der Waals surface area contributed by atoms with E-state index in [4.69, 9.17) is 20.4 Å². The minimum Gasteiger partial charge on any atom is -0.497 e. The number of carbonyl (C=O) groups is 2. The van der Waals surface area contributed by atoms with E-state index < -0.39 is 18.4 Å². The fourth-order valence-corrected chi connectivity index (χ4v) is 3.75. The van der Waals surface area contributed by atoms with Crippen molar-refractivity contribution in [2.24, 2.45) is 5.73 Å². The molecule has 0 aliphatic heterocycles. The number of ether oxygens (including phenoxy) is 2. The molecule has 31 heavy (non-hydrogen) atoms. The Labute approximate surface area is 177 Å². The number of amides is 2. The molecule has 0 saturated carbocycles. The van der Waals surface area contributed by atoms with Crippen molar-refractivity contribution in [1.29, 1.82) is 0 Å². The third kappa shape index (κ3) is 3.76. The van der Waals surface area contributed by atoms with E-state index in [2.05, 4.69) is 0 Å². The number of primary amides is 1. The summed E-state index contributed by atoms with van der Waals surface area (Å²) in [6, 6.07) is 18.7. The first-order valence-corrected chi connectivity index (χ1v) is 9.56. The number of rotatable bonds is 7. The molecule has 158 valence electrons. The van der Waals surface area contributed by atoms with Gasteiger partial charge in [0.1, 0.15) is 11.5 Å². The fraction of sp³-hybridized carbons (Fsp3) is 0.130. The molecule has 4 aromatic rings. The second kappa shape index (κ2) is 8.37.